The maximum Gasteiger partial charge on any atom is 0.501 e. The maximum atomic E-state index is 12.4. The zero-order valence-electron chi connectivity index (χ0n) is 11.3. The van der Waals surface area contributed by atoms with Crippen molar-refractivity contribution in [2.75, 3.05) is 18.0 Å². The Bertz CT molecular complexity index is 598. The number of anilines is 1. The highest BCUT2D eigenvalue weighted by Crippen LogP contribution is 2.31. The van der Waals surface area contributed by atoms with E-state index in [-0.39, 0.29) is 12.0 Å². The van der Waals surface area contributed by atoms with E-state index < -0.39 is 20.2 Å². The molecular weight excluding hydrogens is 307 g/mol. The number of hydrogen-bond donors (Lipinski definition) is 1. The number of alkyl halides is 3. The molecule has 2 rings (SSSR count). The lowest BCUT2D eigenvalue weighted by Gasteiger charge is -2.36. The summed E-state index contributed by atoms with van der Waals surface area (Å²) in [5.74, 6) is 0.0531. The first-order valence-corrected chi connectivity index (χ1v) is 7.95. The summed E-state index contributed by atoms with van der Waals surface area (Å²) in [6.07, 6.45) is 0.190. The normalized spacial score (nSPS) is 24.1. The Hall–Kier alpha value is -1.28. The lowest BCUT2D eigenvalue weighted by molar-refractivity contribution is -0.0436. The zero-order chi connectivity index (χ0) is 15.8. The molecule has 0 saturated carbocycles. The molecule has 8 heteroatoms. The molecule has 4 nitrogen and oxygen atoms in total. The number of sulfone groups is 1. The third-order valence-electron chi connectivity index (χ3n) is 3.68. The van der Waals surface area contributed by atoms with Gasteiger partial charge in [-0.05, 0) is 36.6 Å². The monoisotopic (exact) mass is 323 g/mol. The fraction of sp³-hybridized carbons (Fsp3) is 0.538. The highest BCUT2D eigenvalue weighted by molar-refractivity contribution is 7.92. The van der Waals surface area contributed by atoms with Gasteiger partial charge in [-0.15, -0.1) is 0 Å². The van der Waals surface area contributed by atoms with Crippen LogP contribution in [0.4, 0.5) is 18.9 Å². The molecule has 0 aromatic heterocycles. The lowest BCUT2D eigenvalue weighted by Crippen LogP contribution is -2.41. The predicted molar refractivity (Wildman–Crippen MR) is 71.7 cm³/mol. The molecule has 1 aromatic carbocycles. The second-order valence-corrected chi connectivity index (χ2v) is 7.16. The van der Waals surface area contributed by atoms with E-state index in [1.807, 2.05) is 11.8 Å². The maximum absolute atomic E-state index is 12.4. The van der Waals surface area contributed by atoms with Crippen LogP contribution in [0.15, 0.2) is 29.2 Å². The van der Waals surface area contributed by atoms with E-state index in [1.54, 1.807) is 0 Å². The standard InChI is InChI=1S/C13H16F3NO3S/c1-9-8-17(7-6-12(9)18)10-2-4-11(5-3-10)21(19,20)13(14,15)16/h2-5,9,12,18H,6-8H2,1H3. The summed E-state index contributed by atoms with van der Waals surface area (Å²) in [6, 6.07) is 4.66. The van der Waals surface area contributed by atoms with Crippen molar-refractivity contribution in [3.05, 3.63) is 24.3 Å². The molecule has 1 N–H and O–H groups in total. The summed E-state index contributed by atoms with van der Waals surface area (Å²) in [6.45, 7) is 3.04. The van der Waals surface area contributed by atoms with Crippen molar-refractivity contribution in [1.82, 2.24) is 0 Å². The summed E-state index contributed by atoms with van der Waals surface area (Å²) < 4.78 is 59.9. The Kier molecular flexibility index (Phi) is 4.21. The minimum atomic E-state index is -5.30. The van der Waals surface area contributed by atoms with Crippen LogP contribution in [-0.4, -0.2) is 38.2 Å². The molecule has 1 saturated heterocycles. The first-order chi connectivity index (χ1) is 9.63. The van der Waals surface area contributed by atoms with E-state index >= 15 is 0 Å². The summed E-state index contributed by atoms with van der Waals surface area (Å²) >= 11 is 0. The highest BCUT2D eigenvalue weighted by Gasteiger charge is 2.46. The van der Waals surface area contributed by atoms with Crippen LogP contribution in [0.3, 0.4) is 0 Å². The van der Waals surface area contributed by atoms with Gasteiger partial charge < -0.3 is 10.0 Å². The van der Waals surface area contributed by atoms with Crippen molar-refractivity contribution < 1.29 is 26.7 Å². The summed E-state index contributed by atoms with van der Waals surface area (Å²) in [7, 11) is -5.30. The molecule has 0 amide bonds. The van der Waals surface area contributed by atoms with Gasteiger partial charge in [-0.25, -0.2) is 8.42 Å². The Morgan fingerprint density at radius 1 is 1.24 bits per heavy atom. The summed E-state index contributed by atoms with van der Waals surface area (Å²) in [5.41, 5.74) is -4.65. The van der Waals surface area contributed by atoms with E-state index in [0.29, 0.717) is 25.2 Å². The van der Waals surface area contributed by atoms with Crippen molar-refractivity contribution in [3.63, 3.8) is 0 Å². The number of piperidine rings is 1. The van der Waals surface area contributed by atoms with Gasteiger partial charge in [-0.3, -0.25) is 0 Å². The van der Waals surface area contributed by atoms with Crippen LogP contribution in [-0.2, 0) is 9.84 Å². The fourth-order valence-electron chi connectivity index (χ4n) is 2.34. The Morgan fingerprint density at radius 3 is 2.29 bits per heavy atom. The molecule has 2 unspecified atom stereocenters. The van der Waals surface area contributed by atoms with Crippen LogP contribution in [0.1, 0.15) is 13.3 Å². The SMILES string of the molecule is CC1CN(c2ccc(S(=O)(=O)C(F)(F)F)cc2)CCC1O. The molecule has 1 aliphatic heterocycles. The Labute approximate surface area is 121 Å². The van der Waals surface area contributed by atoms with Gasteiger partial charge in [0.15, 0.2) is 0 Å². The van der Waals surface area contributed by atoms with Crippen LogP contribution in [0.5, 0.6) is 0 Å². The van der Waals surface area contributed by atoms with Crippen LogP contribution in [0, 0.1) is 5.92 Å². The van der Waals surface area contributed by atoms with Crippen molar-refractivity contribution in [2.45, 2.75) is 29.9 Å². The van der Waals surface area contributed by atoms with Crippen molar-refractivity contribution in [3.8, 4) is 0 Å². The first kappa shape index (κ1) is 16.1. The molecule has 1 aliphatic rings. The molecule has 1 aromatic rings. The third-order valence-corrected chi connectivity index (χ3v) is 5.18. The van der Waals surface area contributed by atoms with E-state index in [9.17, 15) is 26.7 Å². The first-order valence-electron chi connectivity index (χ1n) is 6.47. The molecule has 21 heavy (non-hydrogen) atoms. The van der Waals surface area contributed by atoms with Crippen molar-refractivity contribution in [1.29, 1.82) is 0 Å². The molecule has 0 spiro atoms. The third kappa shape index (κ3) is 3.16. The van der Waals surface area contributed by atoms with Gasteiger partial charge in [0.2, 0.25) is 0 Å². The average Bonchev–Trinajstić information content (AvgIpc) is 2.41. The largest absolute Gasteiger partial charge is 0.501 e. The van der Waals surface area contributed by atoms with Crippen LogP contribution < -0.4 is 4.90 Å². The van der Waals surface area contributed by atoms with E-state index in [2.05, 4.69) is 0 Å². The highest BCUT2D eigenvalue weighted by atomic mass is 32.2. The lowest BCUT2D eigenvalue weighted by atomic mass is 9.96. The topological polar surface area (TPSA) is 57.6 Å². The number of benzene rings is 1. The predicted octanol–water partition coefficient (Wildman–Crippen LogP) is 2.19. The smallest absolute Gasteiger partial charge is 0.393 e. The molecule has 0 bridgehead atoms. The van der Waals surface area contributed by atoms with Gasteiger partial charge in [0.25, 0.3) is 9.84 Å². The quantitative estimate of drug-likeness (QED) is 0.906. The van der Waals surface area contributed by atoms with Crippen LogP contribution in [0.2, 0.25) is 0 Å². The Morgan fingerprint density at radius 2 is 1.81 bits per heavy atom. The van der Waals surface area contributed by atoms with Crippen LogP contribution in [0.25, 0.3) is 0 Å². The second kappa shape index (κ2) is 5.49. The van der Waals surface area contributed by atoms with E-state index in [1.165, 1.54) is 12.1 Å². The molecule has 1 heterocycles. The fourth-order valence-corrected chi connectivity index (χ4v) is 3.10. The number of halogens is 3. The van der Waals surface area contributed by atoms with Gasteiger partial charge in [0, 0.05) is 18.8 Å². The summed E-state index contributed by atoms with van der Waals surface area (Å²) in [4.78, 5) is 1.16. The minimum absolute atomic E-state index is 0.0531. The zero-order valence-corrected chi connectivity index (χ0v) is 12.2. The van der Waals surface area contributed by atoms with Crippen molar-refractivity contribution in [2.24, 2.45) is 5.92 Å². The van der Waals surface area contributed by atoms with Gasteiger partial charge >= 0.3 is 5.51 Å². The van der Waals surface area contributed by atoms with Gasteiger partial charge in [-0.2, -0.15) is 13.2 Å². The molecule has 2 atom stereocenters. The van der Waals surface area contributed by atoms with Crippen molar-refractivity contribution >= 4 is 15.5 Å². The van der Waals surface area contributed by atoms with E-state index in [4.69, 9.17) is 0 Å². The van der Waals surface area contributed by atoms with Crippen LogP contribution >= 0.6 is 0 Å². The average molecular weight is 323 g/mol. The Balaban J connectivity index is 2.21. The summed E-state index contributed by atoms with van der Waals surface area (Å²) in [5, 5.41) is 9.65. The molecule has 0 radical (unpaired) electrons. The number of aliphatic hydroxyl groups excluding tert-OH is 1. The number of hydrogen-bond acceptors (Lipinski definition) is 4. The molecule has 118 valence electrons. The number of aliphatic hydroxyl groups is 1. The molecule has 0 aliphatic carbocycles. The van der Waals surface area contributed by atoms with Gasteiger partial charge in [0.05, 0.1) is 11.0 Å². The number of nitrogens with zero attached hydrogens (tertiary/aromatic N) is 1. The van der Waals surface area contributed by atoms with E-state index in [0.717, 1.165) is 12.1 Å². The second-order valence-electron chi connectivity index (χ2n) is 5.22. The molecule has 1 fully saturated rings. The molecular formula is C13H16F3NO3S. The minimum Gasteiger partial charge on any atom is -0.393 e. The number of rotatable bonds is 2. The van der Waals surface area contributed by atoms with Gasteiger partial charge in [0.1, 0.15) is 0 Å². The van der Waals surface area contributed by atoms with Gasteiger partial charge in [-0.1, -0.05) is 6.92 Å².